The van der Waals surface area contributed by atoms with Crippen molar-refractivity contribution in [3.8, 4) is 0 Å². The maximum Gasteiger partial charge on any atom is 0.303 e. The van der Waals surface area contributed by atoms with Gasteiger partial charge >= 0.3 is 10.2 Å². The smallest absolute Gasteiger partial charge is 0.303 e. The number of carbonyl (C=O) groups is 1. The predicted octanol–water partition coefficient (Wildman–Crippen LogP) is 2.59. The molecule has 146 valence electrons. The summed E-state index contributed by atoms with van der Waals surface area (Å²) in [5.41, 5.74) is 2.27. The van der Waals surface area contributed by atoms with Gasteiger partial charge in [-0.15, -0.1) is 0 Å². The van der Waals surface area contributed by atoms with Gasteiger partial charge in [0.05, 0.1) is 5.69 Å². The fourth-order valence-corrected chi connectivity index (χ4v) is 4.00. The fraction of sp³-hybridized carbons (Fsp3) is 0.316. The maximum atomic E-state index is 12.2. The van der Waals surface area contributed by atoms with Crippen LogP contribution in [-0.2, 0) is 16.0 Å². The van der Waals surface area contributed by atoms with Crippen LogP contribution in [0.2, 0.25) is 0 Å². The molecule has 0 aromatic heterocycles. The summed E-state index contributed by atoms with van der Waals surface area (Å²) in [6.45, 7) is 0.576. The van der Waals surface area contributed by atoms with Crippen molar-refractivity contribution in [3.05, 3.63) is 65.7 Å². The molecule has 1 amide bonds. The second kappa shape index (κ2) is 9.77. The van der Waals surface area contributed by atoms with Crippen molar-refractivity contribution in [1.29, 1.82) is 0 Å². The van der Waals surface area contributed by atoms with E-state index in [1.807, 2.05) is 18.2 Å². The first-order chi connectivity index (χ1) is 12.8. The van der Waals surface area contributed by atoms with Crippen molar-refractivity contribution in [1.82, 2.24) is 9.62 Å². The van der Waals surface area contributed by atoms with E-state index in [1.165, 1.54) is 31.0 Å². The van der Waals surface area contributed by atoms with E-state index in [9.17, 15) is 13.2 Å². The lowest BCUT2D eigenvalue weighted by Gasteiger charge is -2.23. The molecule has 8 heteroatoms. The minimum atomic E-state index is -3.54. The van der Waals surface area contributed by atoms with Gasteiger partial charge in [-0.3, -0.25) is 9.10 Å². The summed E-state index contributed by atoms with van der Waals surface area (Å²) in [6, 6.07) is 16.7. The summed E-state index contributed by atoms with van der Waals surface area (Å²) in [4.78, 5) is 12.2. The molecule has 0 radical (unpaired) electrons. The number of rotatable bonds is 9. The summed E-state index contributed by atoms with van der Waals surface area (Å²) in [5, 5.41) is 2.88. The molecule has 0 heterocycles. The highest BCUT2D eigenvalue weighted by Gasteiger charge is 2.20. The second-order valence-corrected chi connectivity index (χ2v) is 9.38. The number of hydrogen-bond acceptors (Lipinski definition) is 4. The summed E-state index contributed by atoms with van der Waals surface area (Å²) in [5.74, 6) is 1.57. The molecule has 0 bridgehead atoms. The molecule has 0 saturated carbocycles. The van der Waals surface area contributed by atoms with Gasteiger partial charge in [0.2, 0.25) is 0 Å². The van der Waals surface area contributed by atoms with Crippen molar-refractivity contribution in [2.75, 3.05) is 37.7 Å². The van der Waals surface area contributed by atoms with Crippen LogP contribution in [0.3, 0.4) is 0 Å². The molecule has 0 atom stereocenters. The summed E-state index contributed by atoms with van der Waals surface area (Å²) in [7, 11) is 0.889. The third-order valence-electron chi connectivity index (χ3n) is 3.94. The van der Waals surface area contributed by atoms with Crippen molar-refractivity contribution in [3.63, 3.8) is 0 Å². The Morgan fingerprint density at radius 3 is 2.22 bits per heavy atom. The second-order valence-electron chi connectivity index (χ2n) is 6.10. The molecular formula is C19H25N3O3S2. The van der Waals surface area contributed by atoms with E-state index in [0.717, 1.165) is 15.8 Å². The lowest BCUT2D eigenvalue weighted by atomic mass is 10.2. The molecule has 0 fully saturated rings. The molecule has 0 saturated heterocycles. The van der Waals surface area contributed by atoms with E-state index < -0.39 is 10.2 Å². The minimum Gasteiger partial charge on any atom is -0.351 e. The van der Waals surface area contributed by atoms with Crippen LogP contribution in [0, 0.1) is 0 Å². The number of nitrogens with zero attached hydrogens (tertiary/aromatic N) is 2. The van der Waals surface area contributed by atoms with E-state index >= 15 is 0 Å². The Morgan fingerprint density at radius 2 is 1.63 bits per heavy atom. The number of amides is 1. The molecule has 27 heavy (non-hydrogen) atoms. The van der Waals surface area contributed by atoms with Gasteiger partial charge in [0.15, 0.2) is 0 Å². The summed E-state index contributed by atoms with van der Waals surface area (Å²) in [6.07, 6.45) is 0. The van der Waals surface area contributed by atoms with Crippen LogP contribution in [0.5, 0.6) is 0 Å². The van der Waals surface area contributed by atoms with Gasteiger partial charge in [0, 0.05) is 44.8 Å². The first kappa shape index (κ1) is 21.3. The Balaban J connectivity index is 1.81. The van der Waals surface area contributed by atoms with Gasteiger partial charge in [-0.2, -0.15) is 24.5 Å². The Bertz CT molecular complexity index is 838. The van der Waals surface area contributed by atoms with Gasteiger partial charge in [0.25, 0.3) is 5.91 Å². The third-order valence-corrected chi connectivity index (χ3v) is 6.80. The lowest BCUT2D eigenvalue weighted by Crippen LogP contribution is -2.37. The fourth-order valence-electron chi connectivity index (χ4n) is 2.30. The van der Waals surface area contributed by atoms with Gasteiger partial charge in [0.1, 0.15) is 0 Å². The predicted molar refractivity (Wildman–Crippen MR) is 112 cm³/mol. The van der Waals surface area contributed by atoms with Crippen LogP contribution in [0.4, 0.5) is 5.69 Å². The monoisotopic (exact) mass is 407 g/mol. The Hall–Kier alpha value is -2.03. The first-order valence-electron chi connectivity index (χ1n) is 8.48. The Morgan fingerprint density at radius 1 is 1.00 bits per heavy atom. The largest absolute Gasteiger partial charge is 0.351 e. The van der Waals surface area contributed by atoms with Crippen molar-refractivity contribution >= 4 is 33.6 Å². The van der Waals surface area contributed by atoms with E-state index in [2.05, 4.69) is 17.4 Å². The third kappa shape index (κ3) is 5.98. The zero-order valence-electron chi connectivity index (χ0n) is 15.8. The molecular weight excluding hydrogens is 382 g/mol. The maximum absolute atomic E-state index is 12.2. The molecule has 2 aromatic rings. The van der Waals surface area contributed by atoms with Crippen molar-refractivity contribution < 1.29 is 13.2 Å². The zero-order chi connectivity index (χ0) is 19.9. The first-order valence-corrected chi connectivity index (χ1v) is 11.0. The van der Waals surface area contributed by atoms with Crippen LogP contribution in [0.25, 0.3) is 0 Å². The van der Waals surface area contributed by atoms with E-state index in [1.54, 1.807) is 36.0 Å². The molecule has 0 spiro atoms. The van der Waals surface area contributed by atoms with Gasteiger partial charge in [-0.05, 0) is 29.8 Å². The number of hydrogen-bond donors (Lipinski definition) is 1. The van der Waals surface area contributed by atoms with Crippen molar-refractivity contribution in [2.24, 2.45) is 0 Å². The van der Waals surface area contributed by atoms with Gasteiger partial charge < -0.3 is 5.32 Å². The molecule has 2 aromatic carbocycles. The number of thioether (sulfide) groups is 1. The van der Waals surface area contributed by atoms with E-state index in [-0.39, 0.29) is 5.91 Å². The Labute approximate surface area is 165 Å². The lowest BCUT2D eigenvalue weighted by molar-refractivity contribution is 0.0956. The normalized spacial score (nSPS) is 11.4. The Kier molecular flexibility index (Phi) is 7.70. The molecule has 0 aliphatic carbocycles. The number of anilines is 1. The minimum absolute atomic E-state index is 0.167. The standard InChI is InChI=1S/C19H25N3O3S2/c1-21(2)27(24,25)22(3)18-11-9-17(10-12-18)19(23)20-13-14-26-15-16-7-5-4-6-8-16/h4-12H,13-15H2,1-3H3,(H,20,23). The molecule has 0 aliphatic rings. The van der Waals surface area contributed by atoms with Crippen molar-refractivity contribution in [2.45, 2.75) is 5.75 Å². The summed E-state index contributed by atoms with van der Waals surface area (Å²) >= 11 is 1.76. The zero-order valence-corrected chi connectivity index (χ0v) is 17.4. The number of benzene rings is 2. The highest BCUT2D eigenvalue weighted by Crippen LogP contribution is 2.18. The number of nitrogens with one attached hydrogen (secondary N) is 1. The van der Waals surface area contributed by atoms with E-state index in [0.29, 0.717) is 17.8 Å². The molecule has 0 aliphatic heterocycles. The molecule has 2 rings (SSSR count). The highest BCUT2D eigenvalue weighted by molar-refractivity contribution is 7.98. The highest BCUT2D eigenvalue weighted by atomic mass is 32.2. The average molecular weight is 408 g/mol. The van der Waals surface area contributed by atoms with Gasteiger partial charge in [-0.1, -0.05) is 30.3 Å². The van der Waals surface area contributed by atoms with Crippen LogP contribution >= 0.6 is 11.8 Å². The van der Waals surface area contributed by atoms with Crippen LogP contribution in [0.1, 0.15) is 15.9 Å². The van der Waals surface area contributed by atoms with E-state index in [4.69, 9.17) is 0 Å². The van der Waals surface area contributed by atoms with Gasteiger partial charge in [-0.25, -0.2) is 0 Å². The topological polar surface area (TPSA) is 69.7 Å². The molecule has 0 unspecified atom stereocenters. The van der Waals surface area contributed by atoms with Crippen LogP contribution in [0.15, 0.2) is 54.6 Å². The van der Waals surface area contributed by atoms with Crippen LogP contribution in [-0.4, -0.2) is 52.1 Å². The average Bonchev–Trinajstić information content (AvgIpc) is 2.67. The summed E-state index contributed by atoms with van der Waals surface area (Å²) < 4.78 is 26.6. The SMILES string of the molecule is CN(C)S(=O)(=O)N(C)c1ccc(C(=O)NCCSCc2ccccc2)cc1. The molecule has 6 nitrogen and oxygen atoms in total. The molecule has 1 N–H and O–H groups in total. The number of carbonyl (C=O) groups excluding carboxylic acids is 1. The van der Waals surface area contributed by atoms with Crippen LogP contribution < -0.4 is 9.62 Å². The quantitative estimate of drug-likeness (QED) is 0.649.